The summed E-state index contributed by atoms with van der Waals surface area (Å²) in [6.07, 6.45) is 1.57. The molecule has 8 nitrogen and oxygen atoms in total. The summed E-state index contributed by atoms with van der Waals surface area (Å²) < 4.78 is 5.31. The number of benzene rings is 2. The molecule has 0 N–H and O–H groups in total. The summed E-state index contributed by atoms with van der Waals surface area (Å²) in [4.78, 5) is 29.5. The summed E-state index contributed by atoms with van der Waals surface area (Å²) in [5, 5.41) is 15.1. The molecule has 29 heavy (non-hydrogen) atoms. The lowest BCUT2D eigenvalue weighted by atomic mass is 10.1. The Kier molecular flexibility index (Phi) is 5.82. The summed E-state index contributed by atoms with van der Waals surface area (Å²) in [6.45, 7) is 7.51. The number of carbonyl (C=O) groups is 1. The molecule has 0 unspecified atom stereocenters. The summed E-state index contributed by atoms with van der Waals surface area (Å²) in [5.41, 5.74) is 2.38. The first-order valence-electron chi connectivity index (χ1n) is 8.94. The van der Waals surface area contributed by atoms with Gasteiger partial charge in [-0.1, -0.05) is 47.1 Å². The molecular weight excluding hydrogens is 372 g/mol. The third-order valence-electron chi connectivity index (χ3n) is 4.47. The van der Waals surface area contributed by atoms with Crippen LogP contribution in [0.1, 0.15) is 27.4 Å². The molecule has 0 aliphatic rings. The van der Waals surface area contributed by atoms with Gasteiger partial charge in [-0.2, -0.15) is 4.98 Å². The number of rotatable bonds is 7. The number of hydrogen-bond acceptors (Lipinski definition) is 6. The maximum atomic E-state index is 13.0. The van der Waals surface area contributed by atoms with E-state index in [0.29, 0.717) is 11.4 Å². The van der Waals surface area contributed by atoms with Crippen molar-refractivity contribution >= 4 is 11.6 Å². The topological polar surface area (TPSA) is 102 Å². The number of amides is 1. The molecule has 0 bridgehead atoms. The van der Waals surface area contributed by atoms with Gasteiger partial charge in [-0.25, -0.2) is 0 Å². The van der Waals surface area contributed by atoms with E-state index in [2.05, 4.69) is 16.7 Å². The Balaban J connectivity index is 1.85. The van der Waals surface area contributed by atoms with Crippen molar-refractivity contribution < 1.29 is 14.2 Å². The highest BCUT2D eigenvalue weighted by molar-refractivity contribution is 5.96. The van der Waals surface area contributed by atoms with E-state index >= 15 is 0 Å². The first kappa shape index (κ1) is 19.9. The van der Waals surface area contributed by atoms with Gasteiger partial charge in [-0.15, -0.1) is 6.58 Å². The van der Waals surface area contributed by atoms with E-state index in [-0.39, 0.29) is 36.1 Å². The van der Waals surface area contributed by atoms with Gasteiger partial charge in [0.1, 0.15) is 6.54 Å². The molecule has 8 heteroatoms. The van der Waals surface area contributed by atoms with Crippen molar-refractivity contribution in [2.75, 3.05) is 6.54 Å². The largest absolute Gasteiger partial charge is 0.337 e. The minimum Gasteiger partial charge on any atom is -0.337 e. The SMILES string of the molecule is C=CCN(Cc1nc(-c2ccc(C)cc2)no1)C(=O)c1cccc([N+](=O)[O-])c1C. The van der Waals surface area contributed by atoms with Gasteiger partial charge >= 0.3 is 0 Å². The predicted octanol–water partition coefficient (Wildman–Crippen LogP) is 4.09. The Labute approximate surface area is 167 Å². The Morgan fingerprint density at radius 1 is 1.24 bits per heavy atom. The fraction of sp³-hybridized carbons (Fsp3) is 0.190. The fourth-order valence-electron chi connectivity index (χ4n) is 2.90. The number of carbonyl (C=O) groups excluding carboxylic acids is 1. The van der Waals surface area contributed by atoms with Crippen molar-refractivity contribution in [3.8, 4) is 11.4 Å². The van der Waals surface area contributed by atoms with Crippen LogP contribution >= 0.6 is 0 Å². The van der Waals surface area contributed by atoms with Gasteiger partial charge in [0.25, 0.3) is 11.6 Å². The fourth-order valence-corrected chi connectivity index (χ4v) is 2.90. The van der Waals surface area contributed by atoms with Crippen LogP contribution in [0.2, 0.25) is 0 Å². The zero-order valence-electron chi connectivity index (χ0n) is 16.2. The first-order valence-corrected chi connectivity index (χ1v) is 8.94. The molecule has 0 saturated heterocycles. The van der Waals surface area contributed by atoms with Gasteiger partial charge in [0, 0.05) is 29.3 Å². The van der Waals surface area contributed by atoms with Crippen LogP contribution in [0.3, 0.4) is 0 Å². The van der Waals surface area contributed by atoms with Crippen LogP contribution in [-0.4, -0.2) is 32.4 Å². The van der Waals surface area contributed by atoms with Crippen LogP contribution in [0.15, 0.2) is 59.6 Å². The highest BCUT2D eigenvalue weighted by Crippen LogP contribution is 2.23. The standard InChI is InChI=1S/C21H20N4O4/c1-4-12-24(21(26)17-6-5-7-18(15(17)3)25(27)28)13-19-22-20(23-29-19)16-10-8-14(2)9-11-16/h4-11H,1,12-13H2,2-3H3. The quantitative estimate of drug-likeness (QED) is 0.341. The molecule has 1 aromatic heterocycles. The Morgan fingerprint density at radius 2 is 1.97 bits per heavy atom. The maximum absolute atomic E-state index is 13.0. The third kappa shape index (κ3) is 4.37. The number of aryl methyl sites for hydroxylation is 1. The lowest BCUT2D eigenvalue weighted by molar-refractivity contribution is -0.385. The second-order valence-corrected chi connectivity index (χ2v) is 6.56. The number of nitro benzene ring substituents is 1. The van der Waals surface area contributed by atoms with Gasteiger partial charge < -0.3 is 9.42 Å². The molecule has 0 spiro atoms. The van der Waals surface area contributed by atoms with E-state index in [0.717, 1.165) is 11.1 Å². The van der Waals surface area contributed by atoms with Gasteiger partial charge in [0.15, 0.2) is 0 Å². The number of nitrogens with zero attached hydrogens (tertiary/aromatic N) is 4. The van der Waals surface area contributed by atoms with E-state index in [1.165, 1.54) is 17.0 Å². The minimum atomic E-state index is -0.504. The molecule has 1 amide bonds. The minimum absolute atomic E-state index is 0.0614. The molecule has 3 aromatic rings. The molecule has 3 rings (SSSR count). The van der Waals surface area contributed by atoms with Gasteiger partial charge in [0.2, 0.25) is 11.7 Å². The van der Waals surface area contributed by atoms with Crippen molar-refractivity contribution in [1.29, 1.82) is 0 Å². The van der Waals surface area contributed by atoms with Gasteiger partial charge in [0.05, 0.1) is 4.92 Å². The van der Waals surface area contributed by atoms with E-state index in [1.807, 2.05) is 31.2 Å². The second kappa shape index (κ2) is 8.47. The van der Waals surface area contributed by atoms with Gasteiger partial charge in [-0.3, -0.25) is 14.9 Å². The first-order chi connectivity index (χ1) is 13.9. The lowest BCUT2D eigenvalue weighted by Gasteiger charge is -2.20. The van der Waals surface area contributed by atoms with Crippen LogP contribution in [0.4, 0.5) is 5.69 Å². The summed E-state index contributed by atoms with van der Waals surface area (Å²) in [5.74, 6) is 0.317. The zero-order chi connectivity index (χ0) is 21.0. The van der Waals surface area contributed by atoms with Crippen molar-refractivity contribution in [2.24, 2.45) is 0 Å². The van der Waals surface area contributed by atoms with E-state index in [4.69, 9.17) is 4.52 Å². The van der Waals surface area contributed by atoms with Crippen LogP contribution < -0.4 is 0 Å². The van der Waals surface area contributed by atoms with Crippen molar-refractivity contribution in [3.63, 3.8) is 0 Å². The molecule has 0 atom stereocenters. The molecule has 0 aliphatic heterocycles. The highest BCUT2D eigenvalue weighted by Gasteiger charge is 2.23. The van der Waals surface area contributed by atoms with Gasteiger partial charge in [-0.05, 0) is 19.9 Å². The highest BCUT2D eigenvalue weighted by atomic mass is 16.6. The van der Waals surface area contributed by atoms with Crippen molar-refractivity contribution in [3.05, 3.63) is 87.8 Å². The Bertz CT molecular complexity index is 1060. The lowest BCUT2D eigenvalue weighted by Crippen LogP contribution is -2.31. The molecule has 0 fully saturated rings. The molecular formula is C21H20N4O4. The molecule has 148 valence electrons. The third-order valence-corrected chi connectivity index (χ3v) is 4.47. The molecule has 2 aromatic carbocycles. The average Bonchev–Trinajstić information content (AvgIpc) is 3.16. The van der Waals surface area contributed by atoms with E-state index in [1.54, 1.807) is 19.1 Å². The van der Waals surface area contributed by atoms with Crippen LogP contribution in [0, 0.1) is 24.0 Å². The van der Waals surface area contributed by atoms with E-state index in [9.17, 15) is 14.9 Å². The number of aromatic nitrogens is 2. The molecule has 0 aliphatic carbocycles. The predicted molar refractivity (Wildman–Crippen MR) is 107 cm³/mol. The monoisotopic (exact) mass is 392 g/mol. The van der Waals surface area contributed by atoms with Crippen LogP contribution in [0.25, 0.3) is 11.4 Å². The Hall–Kier alpha value is -3.81. The van der Waals surface area contributed by atoms with Crippen molar-refractivity contribution in [1.82, 2.24) is 15.0 Å². The Morgan fingerprint density at radius 3 is 2.62 bits per heavy atom. The molecule has 1 heterocycles. The second-order valence-electron chi connectivity index (χ2n) is 6.56. The normalized spacial score (nSPS) is 10.6. The van der Waals surface area contributed by atoms with Crippen molar-refractivity contribution in [2.45, 2.75) is 20.4 Å². The van der Waals surface area contributed by atoms with Crippen LogP contribution in [0.5, 0.6) is 0 Å². The molecule has 0 radical (unpaired) electrons. The van der Waals surface area contributed by atoms with Crippen LogP contribution in [-0.2, 0) is 6.54 Å². The zero-order valence-corrected chi connectivity index (χ0v) is 16.2. The van der Waals surface area contributed by atoms with E-state index < -0.39 is 4.92 Å². The summed E-state index contributed by atoms with van der Waals surface area (Å²) in [6, 6.07) is 12.1. The number of nitro groups is 1. The maximum Gasteiger partial charge on any atom is 0.273 e. The summed E-state index contributed by atoms with van der Waals surface area (Å²) in [7, 11) is 0. The molecule has 0 saturated carbocycles. The smallest absolute Gasteiger partial charge is 0.273 e. The summed E-state index contributed by atoms with van der Waals surface area (Å²) >= 11 is 0. The number of hydrogen-bond donors (Lipinski definition) is 0. The average molecular weight is 392 g/mol.